The largest absolute Gasteiger partial charge is 0.492 e. The number of rotatable bonds is 8. The minimum atomic E-state index is -0.928. The van der Waals surface area contributed by atoms with Crippen LogP contribution in [0.15, 0.2) is 42.7 Å². The Morgan fingerprint density at radius 3 is 2.96 bits per heavy atom. The third-order valence-corrected chi connectivity index (χ3v) is 4.69. The van der Waals surface area contributed by atoms with E-state index in [0.29, 0.717) is 29.5 Å². The molecule has 148 valence electrons. The number of ether oxygens (including phenoxy) is 1. The van der Waals surface area contributed by atoms with Crippen molar-refractivity contribution in [3.05, 3.63) is 59.4 Å². The molecule has 2 aromatic rings. The van der Waals surface area contributed by atoms with E-state index in [9.17, 15) is 14.8 Å². The molecule has 0 radical (unpaired) electrons. The van der Waals surface area contributed by atoms with Gasteiger partial charge in [-0.05, 0) is 54.7 Å². The van der Waals surface area contributed by atoms with Crippen LogP contribution in [0.4, 0.5) is 4.79 Å². The van der Waals surface area contributed by atoms with Gasteiger partial charge in [-0.1, -0.05) is 6.07 Å². The topological polar surface area (TPSA) is 109 Å². The van der Waals surface area contributed by atoms with Crippen LogP contribution < -0.4 is 10.5 Å². The van der Waals surface area contributed by atoms with Gasteiger partial charge in [0, 0.05) is 31.0 Å². The number of primary amides is 1. The number of aromatic nitrogens is 1. The minimum absolute atomic E-state index is 0.0317. The summed E-state index contributed by atoms with van der Waals surface area (Å²) in [4.78, 5) is 29.5. The van der Waals surface area contributed by atoms with E-state index in [-0.39, 0.29) is 19.1 Å². The van der Waals surface area contributed by atoms with E-state index in [0.717, 1.165) is 24.8 Å². The van der Waals surface area contributed by atoms with Gasteiger partial charge in [0.15, 0.2) is 0 Å². The van der Waals surface area contributed by atoms with Crippen molar-refractivity contribution in [3.63, 3.8) is 0 Å². The normalized spacial score (nSPS) is 13.2. The molecule has 28 heavy (non-hydrogen) atoms. The van der Waals surface area contributed by atoms with Crippen LogP contribution >= 0.6 is 0 Å². The molecule has 0 atom stereocenters. The fourth-order valence-corrected chi connectivity index (χ4v) is 3.20. The number of pyridine rings is 1. The van der Waals surface area contributed by atoms with Crippen molar-refractivity contribution in [2.45, 2.75) is 19.3 Å². The summed E-state index contributed by atoms with van der Waals surface area (Å²) in [5, 5.41) is 9.62. The summed E-state index contributed by atoms with van der Waals surface area (Å²) in [6, 6.07) is 8.37. The van der Waals surface area contributed by atoms with E-state index in [1.54, 1.807) is 18.3 Å². The zero-order valence-electron chi connectivity index (χ0n) is 15.6. The number of nitrogens with zero attached hydrogens (tertiary/aromatic N) is 3. The molecule has 2 heterocycles. The average Bonchev–Trinajstić information content (AvgIpc) is 2.70. The first-order valence-electron chi connectivity index (χ1n) is 9.24. The number of hydroxylamine groups is 2. The average molecular weight is 384 g/mol. The molecular formula is C20H24N4O4. The third-order valence-electron chi connectivity index (χ3n) is 4.69. The van der Waals surface area contributed by atoms with E-state index >= 15 is 0 Å². The Labute approximate surface area is 163 Å². The molecule has 1 aromatic carbocycles. The quantitative estimate of drug-likeness (QED) is 0.533. The third kappa shape index (κ3) is 4.98. The molecule has 1 aliphatic heterocycles. The minimum Gasteiger partial charge on any atom is -0.492 e. The molecule has 3 amide bonds. The van der Waals surface area contributed by atoms with Gasteiger partial charge in [-0.25, -0.2) is 9.86 Å². The summed E-state index contributed by atoms with van der Waals surface area (Å²) in [7, 11) is 0. The first kappa shape index (κ1) is 19.6. The highest BCUT2D eigenvalue weighted by Gasteiger charge is 2.24. The van der Waals surface area contributed by atoms with Gasteiger partial charge in [0.25, 0.3) is 5.91 Å². The van der Waals surface area contributed by atoms with E-state index in [1.165, 1.54) is 5.56 Å². The summed E-state index contributed by atoms with van der Waals surface area (Å²) in [5.41, 5.74) is 7.75. The standard InChI is InChI=1S/C20H24N4O4/c21-20(26)24(27)11-12-28-17-5-6-18-16(13-17)7-10-23(19(18)25)9-2-4-15-3-1-8-22-14-15/h1,3,5-6,8,13-14,27H,2,4,7,9-12H2,(H2,21,26). The monoisotopic (exact) mass is 384 g/mol. The van der Waals surface area contributed by atoms with Crippen molar-refractivity contribution in [1.82, 2.24) is 14.9 Å². The van der Waals surface area contributed by atoms with E-state index in [1.807, 2.05) is 29.3 Å². The maximum absolute atomic E-state index is 12.7. The van der Waals surface area contributed by atoms with Crippen molar-refractivity contribution in [3.8, 4) is 5.75 Å². The van der Waals surface area contributed by atoms with Gasteiger partial charge in [0.1, 0.15) is 12.4 Å². The number of hydrogen-bond donors (Lipinski definition) is 2. The Hall–Kier alpha value is -3.13. The molecule has 1 aromatic heterocycles. The van der Waals surface area contributed by atoms with Crippen LogP contribution in [0.2, 0.25) is 0 Å². The maximum atomic E-state index is 12.7. The van der Waals surface area contributed by atoms with Crippen LogP contribution in [0.5, 0.6) is 5.75 Å². The first-order chi connectivity index (χ1) is 13.5. The van der Waals surface area contributed by atoms with Gasteiger partial charge in [-0.15, -0.1) is 0 Å². The predicted molar refractivity (Wildman–Crippen MR) is 102 cm³/mol. The Balaban J connectivity index is 1.52. The molecule has 0 aliphatic carbocycles. The van der Waals surface area contributed by atoms with Crippen LogP contribution in [-0.2, 0) is 12.8 Å². The van der Waals surface area contributed by atoms with Crippen molar-refractivity contribution in [2.75, 3.05) is 26.2 Å². The summed E-state index contributed by atoms with van der Waals surface area (Å²) in [6.45, 7) is 1.46. The fraction of sp³-hybridized carbons (Fsp3) is 0.350. The lowest BCUT2D eigenvalue weighted by molar-refractivity contribution is -0.0464. The van der Waals surface area contributed by atoms with Crippen LogP contribution in [0.1, 0.15) is 27.9 Å². The predicted octanol–water partition coefficient (Wildman–Crippen LogP) is 1.86. The van der Waals surface area contributed by atoms with Crippen molar-refractivity contribution in [2.24, 2.45) is 5.73 Å². The fourth-order valence-electron chi connectivity index (χ4n) is 3.20. The molecule has 0 unspecified atom stereocenters. The van der Waals surface area contributed by atoms with Crippen molar-refractivity contribution in [1.29, 1.82) is 0 Å². The highest BCUT2D eigenvalue weighted by molar-refractivity contribution is 5.96. The maximum Gasteiger partial charge on any atom is 0.338 e. The second kappa shape index (κ2) is 9.18. The lowest BCUT2D eigenvalue weighted by Crippen LogP contribution is -2.38. The second-order valence-corrected chi connectivity index (χ2v) is 6.64. The van der Waals surface area contributed by atoms with E-state index < -0.39 is 6.03 Å². The highest BCUT2D eigenvalue weighted by Crippen LogP contribution is 2.24. The van der Waals surface area contributed by atoms with E-state index in [4.69, 9.17) is 10.5 Å². The highest BCUT2D eigenvalue weighted by atomic mass is 16.5. The Morgan fingerprint density at radius 2 is 2.21 bits per heavy atom. The molecule has 3 rings (SSSR count). The molecule has 0 saturated carbocycles. The lowest BCUT2D eigenvalue weighted by atomic mass is 9.98. The summed E-state index contributed by atoms with van der Waals surface area (Å²) in [6.07, 6.45) is 6.16. The van der Waals surface area contributed by atoms with Gasteiger partial charge in [0.2, 0.25) is 0 Å². The molecule has 0 fully saturated rings. The SMILES string of the molecule is NC(=O)N(O)CCOc1ccc2c(c1)CCN(CCCc1cccnc1)C2=O. The molecule has 8 nitrogen and oxygen atoms in total. The first-order valence-corrected chi connectivity index (χ1v) is 9.24. The number of amides is 3. The van der Waals surface area contributed by atoms with Gasteiger partial charge in [-0.2, -0.15) is 0 Å². The molecule has 0 spiro atoms. The molecule has 3 N–H and O–H groups in total. The molecule has 0 saturated heterocycles. The smallest absolute Gasteiger partial charge is 0.338 e. The number of nitrogens with two attached hydrogens (primary N) is 1. The molecular weight excluding hydrogens is 360 g/mol. The van der Waals surface area contributed by atoms with Crippen LogP contribution in [0.25, 0.3) is 0 Å². The van der Waals surface area contributed by atoms with Gasteiger partial charge in [0.05, 0.1) is 6.54 Å². The van der Waals surface area contributed by atoms with Crippen LogP contribution in [-0.4, -0.2) is 58.3 Å². The number of urea groups is 1. The zero-order chi connectivity index (χ0) is 19.9. The van der Waals surface area contributed by atoms with Crippen molar-refractivity contribution < 1.29 is 19.5 Å². The number of aryl methyl sites for hydroxylation is 1. The number of carbonyl (C=O) groups excluding carboxylic acids is 2. The molecule has 0 bridgehead atoms. The number of hydrogen-bond acceptors (Lipinski definition) is 5. The van der Waals surface area contributed by atoms with E-state index in [2.05, 4.69) is 4.98 Å². The molecule has 1 aliphatic rings. The zero-order valence-corrected chi connectivity index (χ0v) is 15.6. The van der Waals surface area contributed by atoms with Crippen LogP contribution in [0, 0.1) is 0 Å². The summed E-state index contributed by atoms with van der Waals surface area (Å²) >= 11 is 0. The second-order valence-electron chi connectivity index (χ2n) is 6.64. The Kier molecular flexibility index (Phi) is 6.44. The number of benzene rings is 1. The van der Waals surface area contributed by atoms with Crippen molar-refractivity contribution >= 4 is 11.9 Å². The van der Waals surface area contributed by atoms with Gasteiger partial charge >= 0.3 is 6.03 Å². The lowest BCUT2D eigenvalue weighted by Gasteiger charge is -2.29. The summed E-state index contributed by atoms with van der Waals surface area (Å²) in [5.74, 6) is 0.628. The summed E-state index contributed by atoms with van der Waals surface area (Å²) < 4.78 is 5.53. The molecule has 8 heteroatoms. The van der Waals surface area contributed by atoms with Gasteiger partial charge in [-0.3, -0.25) is 15.0 Å². The number of carbonyl (C=O) groups is 2. The number of fused-ring (bicyclic) bond motifs is 1. The Bertz CT molecular complexity index is 828. The Morgan fingerprint density at radius 1 is 1.36 bits per heavy atom. The van der Waals surface area contributed by atoms with Gasteiger partial charge < -0.3 is 15.4 Å². The van der Waals surface area contributed by atoms with Crippen LogP contribution in [0.3, 0.4) is 0 Å².